The lowest BCUT2D eigenvalue weighted by Crippen LogP contribution is -2.32. The van der Waals surface area contributed by atoms with E-state index in [4.69, 9.17) is 0 Å². The molecule has 122 valence electrons. The highest BCUT2D eigenvalue weighted by atomic mass is 16.2. The molecule has 0 radical (unpaired) electrons. The molecule has 0 aliphatic heterocycles. The molecule has 0 spiro atoms. The summed E-state index contributed by atoms with van der Waals surface area (Å²) in [4.78, 5) is 28.9. The second-order valence-electron chi connectivity index (χ2n) is 5.91. The van der Waals surface area contributed by atoms with Crippen LogP contribution in [0.5, 0.6) is 0 Å². The molecule has 0 saturated carbocycles. The van der Waals surface area contributed by atoms with Gasteiger partial charge in [0.1, 0.15) is 6.54 Å². The van der Waals surface area contributed by atoms with Gasteiger partial charge in [0.05, 0.1) is 17.2 Å². The van der Waals surface area contributed by atoms with E-state index in [2.05, 4.69) is 10.3 Å². The van der Waals surface area contributed by atoms with Crippen LogP contribution in [-0.4, -0.2) is 15.5 Å². The first kappa shape index (κ1) is 15.9. The van der Waals surface area contributed by atoms with Gasteiger partial charge in [-0.25, -0.2) is 4.98 Å². The van der Waals surface area contributed by atoms with Gasteiger partial charge in [-0.3, -0.25) is 14.2 Å². The number of amides is 1. The summed E-state index contributed by atoms with van der Waals surface area (Å²) in [5.74, 6) is -0.215. The number of aromatic nitrogens is 2. The molecule has 3 rings (SSSR count). The van der Waals surface area contributed by atoms with Gasteiger partial charge in [0.2, 0.25) is 5.91 Å². The molecule has 0 atom stereocenters. The molecule has 1 heterocycles. The molecular formula is C19H19N3O2. The number of benzene rings is 2. The smallest absolute Gasteiger partial charge is 0.261 e. The summed E-state index contributed by atoms with van der Waals surface area (Å²) in [6.07, 6.45) is 1.43. The number of rotatable bonds is 4. The van der Waals surface area contributed by atoms with Crippen LogP contribution in [0.1, 0.15) is 16.7 Å². The monoisotopic (exact) mass is 321 g/mol. The van der Waals surface area contributed by atoms with Crippen molar-refractivity contribution in [3.8, 4) is 0 Å². The standard InChI is InChI=1S/C19H19N3O2/c1-13-5-3-7-15(9-13)10-20-17(23)11-22-12-21-18-14(2)6-4-8-16(18)19(22)24/h3-9,12H,10-11H2,1-2H3,(H,20,23). The van der Waals surface area contributed by atoms with Crippen LogP contribution in [0, 0.1) is 13.8 Å². The maximum atomic E-state index is 12.5. The molecule has 0 saturated heterocycles. The number of fused-ring (bicyclic) bond motifs is 1. The quantitative estimate of drug-likeness (QED) is 0.802. The number of nitrogens with one attached hydrogen (secondary N) is 1. The van der Waals surface area contributed by atoms with Crippen molar-refractivity contribution >= 4 is 16.8 Å². The fraction of sp³-hybridized carbons (Fsp3) is 0.211. The number of hydrogen-bond donors (Lipinski definition) is 1. The van der Waals surface area contributed by atoms with E-state index in [9.17, 15) is 9.59 Å². The van der Waals surface area contributed by atoms with E-state index in [1.165, 1.54) is 10.9 Å². The van der Waals surface area contributed by atoms with E-state index in [-0.39, 0.29) is 18.0 Å². The fourth-order valence-corrected chi connectivity index (χ4v) is 2.68. The summed E-state index contributed by atoms with van der Waals surface area (Å²) in [5, 5.41) is 3.37. The van der Waals surface area contributed by atoms with Crippen molar-refractivity contribution in [1.82, 2.24) is 14.9 Å². The van der Waals surface area contributed by atoms with Crippen LogP contribution in [0.3, 0.4) is 0 Å². The second-order valence-corrected chi connectivity index (χ2v) is 5.91. The van der Waals surface area contributed by atoms with Gasteiger partial charge in [0.15, 0.2) is 0 Å². The predicted molar refractivity (Wildman–Crippen MR) is 93.8 cm³/mol. The molecule has 2 aromatic carbocycles. The van der Waals surface area contributed by atoms with Crippen LogP contribution in [0.25, 0.3) is 10.9 Å². The Bertz CT molecular complexity index is 960. The maximum absolute atomic E-state index is 12.5. The van der Waals surface area contributed by atoms with Crippen molar-refractivity contribution in [3.63, 3.8) is 0 Å². The minimum Gasteiger partial charge on any atom is -0.350 e. The number of carbonyl (C=O) groups is 1. The van der Waals surface area contributed by atoms with Gasteiger partial charge in [-0.1, -0.05) is 42.0 Å². The SMILES string of the molecule is Cc1cccc(CNC(=O)Cn2cnc3c(C)cccc3c2=O)c1. The lowest BCUT2D eigenvalue weighted by molar-refractivity contribution is -0.121. The molecule has 1 amide bonds. The molecule has 0 unspecified atom stereocenters. The normalized spacial score (nSPS) is 10.8. The third-order valence-corrected chi connectivity index (χ3v) is 3.94. The van der Waals surface area contributed by atoms with Crippen molar-refractivity contribution < 1.29 is 4.79 Å². The topological polar surface area (TPSA) is 64.0 Å². The summed E-state index contributed by atoms with van der Waals surface area (Å²) in [6, 6.07) is 13.4. The number of hydrogen-bond acceptors (Lipinski definition) is 3. The summed E-state index contributed by atoms with van der Waals surface area (Å²) in [6.45, 7) is 4.32. The second kappa shape index (κ2) is 6.66. The Hall–Kier alpha value is -2.95. The van der Waals surface area contributed by atoms with Gasteiger partial charge in [0.25, 0.3) is 5.56 Å². The average molecular weight is 321 g/mol. The maximum Gasteiger partial charge on any atom is 0.261 e. The minimum absolute atomic E-state index is 0.0401. The third-order valence-electron chi connectivity index (χ3n) is 3.94. The van der Waals surface area contributed by atoms with Crippen molar-refractivity contribution in [2.45, 2.75) is 26.9 Å². The third kappa shape index (κ3) is 3.35. The van der Waals surface area contributed by atoms with Crippen molar-refractivity contribution in [2.75, 3.05) is 0 Å². The largest absolute Gasteiger partial charge is 0.350 e. The highest BCUT2D eigenvalue weighted by Gasteiger charge is 2.09. The van der Waals surface area contributed by atoms with Crippen molar-refractivity contribution in [3.05, 3.63) is 75.8 Å². The Morgan fingerprint density at radius 1 is 1.17 bits per heavy atom. The van der Waals surface area contributed by atoms with Crippen LogP contribution >= 0.6 is 0 Å². The van der Waals surface area contributed by atoms with E-state index < -0.39 is 0 Å². The summed E-state index contributed by atoms with van der Waals surface area (Å²) in [7, 11) is 0. The molecule has 5 heteroatoms. The number of aryl methyl sites for hydroxylation is 2. The Morgan fingerprint density at radius 3 is 2.75 bits per heavy atom. The number of nitrogens with zero attached hydrogens (tertiary/aromatic N) is 2. The van der Waals surface area contributed by atoms with E-state index >= 15 is 0 Å². The molecule has 0 aliphatic rings. The van der Waals surface area contributed by atoms with Gasteiger partial charge in [-0.15, -0.1) is 0 Å². The fourth-order valence-electron chi connectivity index (χ4n) is 2.68. The first-order chi connectivity index (χ1) is 11.5. The molecular weight excluding hydrogens is 302 g/mol. The predicted octanol–water partition coefficient (Wildman–Crippen LogP) is 2.33. The lowest BCUT2D eigenvalue weighted by atomic mass is 10.1. The minimum atomic E-state index is -0.215. The zero-order chi connectivity index (χ0) is 17.1. The Labute approximate surface area is 140 Å². The van der Waals surface area contributed by atoms with Crippen LogP contribution < -0.4 is 10.9 Å². The van der Waals surface area contributed by atoms with Gasteiger partial charge >= 0.3 is 0 Å². The molecule has 5 nitrogen and oxygen atoms in total. The average Bonchev–Trinajstić information content (AvgIpc) is 2.56. The Kier molecular flexibility index (Phi) is 4.42. The summed E-state index contributed by atoms with van der Waals surface area (Å²) >= 11 is 0. The van der Waals surface area contributed by atoms with E-state index in [1.807, 2.05) is 50.2 Å². The molecule has 3 aromatic rings. The van der Waals surface area contributed by atoms with Crippen molar-refractivity contribution in [1.29, 1.82) is 0 Å². The number of carbonyl (C=O) groups excluding carboxylic acids is 1. The van der Waals surface area contributed by atoms with Gasteiger partial charge in [-0.2, -0.15) is 0 Å². The summed E-state index contributed by atoms with van der Waals surface area (Å²) < 4.78 is 1.34. The Balaban J connectivity index is 1.74. The lowest BCUT2D eigenvalue weighted by Gasteiger charge is -2.09. The van der Waals surface area contributed by atoms with Crippen LogP contribution in [0.2, 0.25) is 0 Å². The summed E-state index contributed by atoms with van der Waals surface area (Å²) in [5.41, 5.74) is 3.60. The van der Waals surface area contributed by atoms with Crippen molar-refractivity contribution in [2.24, 2.45) is 0 Å². The molecule has 1 N–H and O–H groups in total. The highest BCUT2D eigenvalue weighted by molar-refractivity contribution is 5.81. The molecule has 0 fully saturated rings. The Morgan fingerprint density at radius 2 is 1.96 bits per heavy atom. The zero-order valence-electron chi connectivity index (χ0n) is 13.7. The van der Waals surface area contributed by atoms with Gasteiger partial charge < -0.3 is 5.32 Å². The van der Waals surface area contributed by atoms with E-state index in [0.29, 0.717) is 17.4 Å². The van der Waals surface area contributed by atoms with Crippen LogP contribution in [0.4, 0.5) is 0 Å². The zero-order valence-corrected chi connectivity index (χ0v) is 13.7. The number of para-hydroxylation sites is 1. The van der Waals surface area contributed by atoms with Crippen LogP contribution in [-0.2, 0) is 17.9 Å². The molecule has 1 aromatic heterocycles. The van der Waals surface area contributed by atoms with Gasteiger partial charge in [-0.05, 0) is 31.0 Å². The first-order valence-electron chi connectivity index (χ1n) is 7.81. The van der Waals surface area contributed by atoms with Crippen LogP contribution in [0.15, 0.2) is 53.6 Å². The molecule has 0 aliphatic carbocycles. The first-order valence-corrected chi connectivity index (χ1v) is 7.81. The van der Waals surface area contributed by atoms with E-state index in [0.717, 1.165) is 16.7 Å². The van der Waals surface area contributed by atoms with Gasteiger partial charge in [0, 0.05) is 6.54 Å². The molecule has 0 bridgehead atoms. The van der Waals surface area contributed by atoms with E-state index in [1.54, 1.807) is 6.07 Å². The highest BCUT2D eigenvalue weighted by Crippen LogP contribution is 2.11. The molecule has 24 heavy (non-hydrogen) atoms.